The summed E-state index contributed by atoms with van der Waals surface area (Å²) < 4.78 is 5.08. The van der Waals surface area contributed by atoms with Gasteiger partial charge < -0.3 is 10.5 Å². The second kappa shape index (κ2) is 3.42. The van der Waals surface area contributed by atoms with Gasteiger partial charge in [-0.2, -0.15) is 0 Å². The molecule has 0 radical (unpaired) electrons. The molecule has 2 N–H and O–H groups in total. The summed E-state index contributed by atoms with van der Waals surface area (Å²) in [6.07, 6.45) is -0.125. The van der Waals surface area contributed by atoms with Crippen LogP contribution in [0, 0.1) is 0 Å². The van der Waals surface area contributed by atoms with Crippen molar-refractivity contribution in [2.75, 3.05) is 0 Å². The van der Waals surface area contributed by atoms with Gasteiger partial charge in [0, 0.05) is 5.92 Å². The van der Waals surface area contributed by atoms with Crippen LogP contribution >= 0.6 is 0 Å². The van der Waals surface area contributed by atoms with Crippen molar-refractivity contribution in [2.24, 2.45) is 5.73 Å². The number of hydrogen-bond donors (Lipinski definition) is 1. The topological polar surface area (TPSA) is 52.3 Å². The van der Waals surface area contributed by atoms with Crippen molar-refractivity contribution >= 4 is 5.97 Å². The van der Waals surface area contributed by atoms with Crippen LogP contribution in [0.25, 0.3) is 0 Å². The van der Waals surface area contributed by atoms with Crippen molar-refractivity contribution in [3.63, 3.8) is 0 Å². The lowest BCUT2D eigenvalue weighted by Gasteiger charge is -2.15. The molecule has 14 heavy (non-hydrogen) atoms. The van der Waals surface area contributed by atoms with Crippen LogP contribution in [0.3, 0.4) is 0 Å². The molecule has 0 bridgehead atoms. The number of rotatable bonds is 1. The fourth-order valence-corrected chi connectivity index (χ4v) is 1.93. The zero-order valence-electron chi connectivity index (χ0n) is 8.01. The molecule has 3 nitrogen and oxygen atoms in total. The van der Waals surface area contributed by atoms with E-state index in [1.54, 1.807) is 0 Å². The Balaban J connectivity index is 2.31. The van der Waals surface area contributed by atoms with Crippen LogP contribution in [0.5, 0.6) is 0 Å². The van der Waals surface area contributed by atoms with Gasteiger partial charge in [-0.3, -0.25) is 4.79 Å². The van der Waals surface area contributed by atoms with Gasteiger partial charge in [0.15, 0.2) is 0 Å². The van der Waals surface area contributed by atoms with E-state index in [4.69, 9.17) is 10.5 Å². The van der Waals surface area contributed by atoms with Crippen molar-refractivity contribution in [2.45, 2.75) is 25.0 Å². The van der Waals surface area contributed by atoms with Gasteiger partial charge in [0.2, 0.25) is 0 Å². The fraction of sp³-hybridized carbons (Fsp3) is 0.364. The summed E-state index contributed by atoms with van der Waals surface area (Å²) in [5.74, 6) is -0.310. The highest BCUT2D eigenvalue weighted by atomic mass is 16.6. The highest BCUT2D eigenvalue weighted by Crippen LogP contribution is 2.30. The SMILES string of the molecule is CC1OC(=O)[C@@H](N)[C@H]1c1ccccc1. The molecule has 1 heterocycles. The first kappa shape index (κ1) is 9.21. The van der Waals surface area contributed by atoms with Crippen molar-refractivity contribution in [1.29, 1.82) is 0 Å². The molecule has 1 aliphatic rings. The summed E-state index contributed by atoms with van der Waals surface area (Å²) in [5, 5.41) is 0. The fourth-order valence-electron chi connectivity index (χ4n) is 1.93. The number of carbonyl (C=O) groups excluding carboxylic acids is 1. The minimum atomic E-state index is -0.521. The van der Waals surface area contributed by atoms with Gasteiger partial charge in [-0.15, -0.1) is 0 Å². The normalized spacial score (nSPS) is 31.6. The Hall–Kier alpha value is -1.35. The van der Waals surface area contributed by atoms with E-state index < -0.39 is 6.04 Å². The molecule has 2 rings (SSSR count). The predicted molar refractivity (Wildman–Crippen MR) is 52.7 cm³/mol. The quantitative estimate of drug-likeness (QED) is 0.675. The zero-order valence-corrected chi connectivity index (χ0v) is 8.01. The summed E-state index contributed by atoms with van der Waals surface area (Å²) in [7, 11) is 0. The second-order valence-electron chi connectivity index (χ2n) is 3.60. The molecule has 0 aliphatic carbocycles. The molecule has 1 unspecified atom stereocenters. The summed E-state index contributed by atoms with van der Waals surface area (Å²) in [5.41, 5.74) is 6.84. The van der Waals surface area contributed by atoms with E-state index in [-0.39, 0.29) is 18.0 Å². The highest BCUT2D eigenvalue weighted by Gasteiger charge is 2.40. The predicted octanol–water partition coefficient (Wildman–Crippen LogP) is 1.04. The first-order chi connectivity index (χ1) is 6.70. The van der Waals surface area contributed by atoms with E-state index >= 15 is 0 Å². The lowest BCUT2D eigenvalue weighted by Crippen LogP contribution is -2.31. The zero-order chi connectivity index (χ0) is 10.1. The van der Waals surface area contributed by atoms with Crippen molar-refractivity contribution in [3.8, 4) is 0 Å². The number of esters is 1. The van der Waals surface area contributed by atoms with Gasteiger partial charge >= 0.3 is 5.97 Å². The average Bonchev–Trinajstić information content (AvgIpc) is 2.43. The van der Waals surface area contributed by atoms with Gasteiger partial charge in [0.05, 0.1) is 0 Å². The number of ether oxygens (including phenoxy) is 1. The Morgan fingerprint density at radius 1 is 1.29 bits per heavy atom. The van der Waals surface area contributed by atoms with Crippen LogP contribution in [0.2, 0.25) is 0 Å². The van der Waals surface area contributed by atoms with Crippen LogP contribution in [-0.2, 0) is 9.53 Å². The monoisotopic (exact) mass is 191 g/mol. The maximum Gasteiger partial charge on any atom is 0.323 e. The smallest absolute Gasteiger partial charge is 0.323 e. The number of carbonyl (C=O) groups is 1. The molecule has 1 aromatic carbocycles. The number of cyclic esters (lactones) is 1. The third-order valence-electron chi connectivity index (χ3n) is 2.65. The van der Waals surface area contributed by atoms with Crippen molar-refractivity contribution in [3.05, 3.63) is 35.9 Å². The third kappa shape index (κ3) is 1.40. The van der Waals surface area contributed by atoms with Gasteiger partial charge in [0.1, 0.15) is 12.1 Å². The van der Waals surface area contributed by atoms with Crippen molar-refractivity contribution in [1.82, 2.24) is 0 Å². The molecule has 1 aliphatic heterocycles. The molecule has 1 saturated heterocycles. The Kier molecular flexibility index (Phi) is 2.25. The van der Waals surface area contributed by atoms with Gasteiger partial charge in [-0.25, -0.2) is 0 Å². The van der Waals surface area contributed by atoms with Crippen molar-refractivity contribution < 1.29 is 9.53 Å². The molecular formula is C11H13NO2. The number of benzene rings is 1. The van der Waals surface area contributed by atoms with E-state index in [1.807, 2.05) is 37.3 Å². The first-order valence-electron chi connectivity index (χ1n) is 4.71. The molecular weight excluding hydrogens is 178 g/mol. The Labute approximate surface area is 82.9 Å². The first-order valence-corrected chi connectivity index (χ1v) is 4.71. The molecule has 0 spiro atoms. The summed E-state index contributed by atoms with van der Waals surface area (Å²) in [4.78, 5) is 11.2. The lowest BCUT2D eigenvalue weighted by molar-refractivity contribution is -0.141. The Morgan fingerprint density at radius 2 is 1.93 bits per heavy atom. The minimum absolute atomic E-state index is 0.0105. The third-order valence-corrected chi connectivity index (χ3v) is 2.65. The van der Waals surface area contributed by atoms with E-state index in [2.05, 4.69) is 0 Å². The van der Waals surface area contributed by atoms with Crippen LogP contribution in [0.1, 0.15) is 18.4 Å². The molecule has 0 aromatic heterocycles. The van der Waals surface area contributed by atoms with E-state index in [0.717, 1.165) is 5.56 Å². The molecule has 3 atom stereocenters. The lowest BCUT2D eigenvalue weighted by atomic mass is 9.90. The minimum Gasteiger partial charge on any atom is -0.461 e. The summed E-state index contributed by atoms with van der Waals surface area (Å²) >= 11 is 0. The van der Waals surface area contributed by atoms with E-state index in [1.165, 1.54) is 0 Å². The standard InChI is InChI=1S/C11H13NO2/c1-7-9(10(12)11(13)14-7)8-5-3-2-4-6-8/h2-7,9-10H,12H2,1H3/t7?,9-,10+/m1/s1. The molecule has 0 saturated carbocycles. The van der Waals surface area contributed by atoms with Crippen LogP contribution < -0.4 is 5.73 Å². The van der Waals surface area contributed by atoms with Gasteiger partial charge in [-0.1, -0.05) is 30.3 Å². The highest BCUT2D eigenvalue weighted by molar-refractivity contribution is 5.79. The molecule has 1 fully saturated rings. The summed E-state index contributed by atoms with van der Waals surface area (Å²) in [6, 6.07) is 9.26. The summed E-state index contributed by atoms with van der Waals surface area (Å²) in [6.45, 7) is 1.88. The van der Waals surface area contributed by atoms with E-state index in [0.29, 0.717) is 0 Å². The van der Waals surface area contributed by atoms with Crippen LogP contribution in [0.15, 0.2) is 30.3 Å². The maximum absolute atomic E-state index is 11.2. The number of hydrogen-bond acceptors (Lipinski definition) is 3. The van der Waals surface area contributed by atoms with Gasteiger partial charge in [-0.05, 0) is 12.5 Å². The second-order valence-corrected chi connectivity index (χ2v) is 3.60. The maximum atomic E-state index is 11.2. The van der Waals surface area contributed by atoms with Crippen LogP contribution in [0.4, 0.5) is 0 Å². The Morgan fingerprint density at radius 3 is 2.43 bits per heavy atom. The average molecular weight is 191 g/mol. The van der Waals surface area contributed by atoms with Gasteiger partial charge in [0.25, 0.3) is 0 Å². The molecule has 0 amide bonds. The van der Waals surface area contributed by atoms with E-state index in [9.17, 15) is 4.79 Å². The largest absolute Gasteiger partial charge is 0.461 e. The van der Waals surface area contributed by atoms with Crippen LogP contribution in [-0.4, -0.2) is 18.1 Å². The molecule has 74 valence electrons. The molecule has 1 aromatic rings. The Bertz CT molecular complexity index is 336. The number of nitrogens with two attached hydrogens (primary N) is 1. The molecule has 3 heteroatoms.